The molecule has 0 unspecified atom stereocenters. The highest BCUT2D eigenvalue weighted by Gasteiger charge is 2.26. The van der Waals surface area contributed by atoms with Crippen molar-refractivity contribution in [3.05, 3.63) is 24.3 Å². The van der Waals surface area contributed by atoms with E-state index in [-0.39, 0.29) is 0 Å². The van der Waals surface area contributed by atoms with E-state index in [1.807, 2.05) is 12.1 Å². The average Bonchev–Trinajstić information content (AvgIpc) is 2.57. The van der Waals surface area contributed by atoms with Crippen LogP contribution in [0, 0.1) is 0 Å². The number of nitrogens with one attached hydrogen (secondary N) is 1. The number of nitrogens with zero attached hydrogens (tertiary/aromatic N) is 2. The SMILES string of the molecule is CCCOc1ccc(N2CCN(CCNCC(F)(F)F)CC2)cc1. The molecule has 1 aromatic rings. The molecular formula is C17H26F3N3O. The fourth-order valence-corrected chi connectivity index (χ4v) is 2.67. The molecule has 0 spiro atoms. The second-order valence-electron chi connectivity index (χ2n) is 5.96. The maximum absolute atomic E-state index is 12.1. The number of anilines is 1. The Kier molecular flexibility index (Phi) is 7.17. The first-order valence-corrected chi connectivity index (χ1v) is 8.45. The number of piperazine rings is 1. The second kappa shape index (κ2) is 9.13. The third kappa shape index (κ3) is 6.57. The topological polar surface area (TPSA) is 27.7 Å². The molecule has 0 bridgehead atoms. The molecular weight excluding hydrogens is 319 g/mol. The van der Waals surface area contributed by atoms with Gasteiger partial charge >= 0.3 is 6.18 Å². The average molecular weight is 345 g/mol. The summed E-state index contributed by atoms with van der Waals surface area (Å²) in [6.07, 6.45) is -3.15. The predicted octanol–water partition coefficient (Wildman–Crippen LogP) is 2.75. The lowest BCUT2D eigenvalue weighted by Crippen LogP contribution is -2.48. The zero-order valence-corrected chi connectivity index (χ0v) is 14.1. The maximum atomic E-state index is 12.1. The summed E-state index contributed by atoms with van der Waals surface area (Å²) in [5.41, 5.74) is 1.16. The van der Waals surface area contributed by atoms with Gasteiger partial charge in [-0.2, -0.15) is 13.2 Å². The molecule has 1 aliphatic heterocycles. The molecule has 7 heteroatoms. The molecule has 4 nitrogen and oxygen atoms in total. The summed E-state index contributed by atoms with van der Waals surface area (Å²) < 4.78 is 41.8. The minimum atomic E-state index is -4.13. The zero-order valence-electron chi connectivity index (χ0n) is 14.1. The van der Waals surface area contributed by atoms with Crippen LogP contribution in [0.2, 0.25) is 0 Å². The zero-order chi connectivity index (χ0) is 17.4. The minimum Gasteiger partial charge on any atom is -0.494 e. The van der Waals surface area contributed by atoms with E-state index >= 15 is 0 Å². The van der Waals surface area contributed by atoms with Crippen LogP contribution in [0.5, 0.6) is 5.75 Å². The smallest absolute Gasteiger partial charge is 0.401 e. The van der Waals surface area contributed by atoms with E-state index in [9.17, 15) is 13.2 Å². The summed E-state index contributed by atoms with van der Waals surface area (Å²) in [5, 5.41) is 2.44. The van der Waals surface area contributed by atoms with Gasteiger partial charge in [0.2, 0.25) is 0 Å². The summed E-state index contributed by atoms with van der Waals surface area (Å²) in [6.45, 7) is 6.38. The molecule has 1 saturated heterocycles. The van der Waals surface area contributed by atoms with Gasteiger partial charge in [0, 0.05) is 45.0 Å². The summed E-state index contributed by atoms with van der Waals surface area (Å²) in [7, 11) is 0. The van der Waals surface area contributed by atoms with Gasteiger partial charge in [0.05, 0.1) is 13.2 Å². The van der Waals surface area contributed by atoms with Gasteiger partial charge in [-0.25, -0.2) is 0 Å². The van der Waals surface area contributed by atoms with Gasteiger partial charge in [0.1, 0.15) is 5.75 Å². The highest BCUT2D eigenvalue weighted by atomic mass is 19.4. The highest BCUT2D eigenvalue weighted by Crippen LogP contribution is 2.21. The molecule has 0 aromatic heterocycles. The standard InChI is InChI=1S/C17H26F3N3O/c1-2-13-24-16-5-3-15(4-6-16)23-11-9-22(10-12-23)8-7-21-14-17(18,19)20/h3-6,21H,2,7-14H2,1H3. The lowest BCUT2D eigenvalue weighted by Gasteiger charge is -2.36. The molecule has 1 aromatic carbocycles. The van der Waals surface area contributed by atoms with Crippen molar-refractivity contribution < 1.29 is 17.9 Å². The fraction of sp³-hybridized carbons (Fsp3) is 0.647. The maximum Gasteiger partial charge on any atom is 0.401 e. The largest absolute Gasteiger partial charge is 0.494 e. The third-order valence-corrected chi connectivity index (χ3v) is 3.98. The minimum absolute atomic E-state index is 0.364. The van der Waals surface area contributed by atoms with Crippen molar-refractivity contribution in [1.29, 1.82) is 0 Å². The Labute approximate surface area is 141 Å². The van der Waals surface area contributed by atoms with Gasteiger partial charge in [-0.3, -0.25) is 4.90 Å². The van der Waals surface area contributed by atoms with Crippen molar-refractivity contribution in [2.75, 3.05) is 57.3 Å². The molecule has 1 fully saturated rings. The Balaban J connectivity index is 1.68. The van der Waals surface area contributed by atoms with Crippen molar-refractivity contribution in [1.82, 2.24) is 10.2 Å². The van der Waals surface area contributed by atoms with Crippen molar-refractivity contribution in [2.24, 2.45) is 0 Å². The number of benzene rings is 1. The van der Waals surface area contributed by atoms with Crippen LogP contribution in [-0.2, 0) is 0 Å². The number of rotatable bonds is 8. The van der Waals surface area contributed by atoms with Crippen molar-refractivity contribution in [3.63, 3.8) is 0 Å². The van der Waals surface area contributed by atoms with Gasteiger partial charge in [-0.15, -0.1) is 0 Å². The second-order valence-corrected chi connectivity index (χ2v) is 5.96. The van der Waals surface area contributed by atoms with Crippen LogP contribution in [0.3, 0.4) is 0 Å². The summed E-state index contributed by atoms with van der Waals surface area (Å²) >= 11 is 0. The fourth-order valence-electron chi connectivity index (χ4n) is 2.67. The van der Waals surface area contributed by atoms with E-state index in [0.29, 0.717) is 13.1 Å². The predicted molar refractivity (Wildman–Crippen MR) is 89.8 cm³/mol. The van der Waals surface area contributed by atoms with Gasteiger partial charge in [-0.05, 0) is 30.7 Å². The van der Waals surface area contributed by atoms with E-state index in [1.54, 1.807) is 0 Å². The van der Waals surface area contributed by atoms with Gasteiger partial charge in [0.15, 0.2) is 0 Å². The molecule has 136 valence electrons. The molecule has 24 heavy (non-hydrogen) atoms. The van der Waals surface area contributed by atoms with Crippen LogP contribution in [0.1, 0.15) is 13.3 Å². The number of halogens is 3. The Morgan fingerprint density at radius 2 is 1.75 bits per heavy atom. The van der Waals surface area contributed by atoms with E-state index in [1.165, 1.54) is 0 Å². The Bertz CT molecular complexity index is 471. The summed E-state index contributed by atoms with van der Waals surface area (Å²) in [5.74, 6) is 0.884. The molecule has 1 aliphatic rings. The first-order valence-electron chi connectivity index (χ1n) is 8.45. The monoisotopic (exact) mass is 345 g/mol. The summed E-state index contributed by atoms with van der Waals surface area (Å²) in [4.78, 5) is 4.49. The van der Waals surface area contributed by atoms with Gasteiger partial charge in [0.25, 0.3) is 0 Å². The molecule has 0 radical (unpaired) electrons. The molecule has 0 saturated carbocycles. The van der Waals surface area contributed by atoms with Crippen molar-refractivity contribution in [3.8, 4) is 5.75 Å². The lowest BCUT2D eigenvalue weighted by molar-refractivity contribution is -0.124. The normalized spacial score (nSPS) is 16.4. The molecule has 1 N–H and O–H groups in total. The molecule has 0 amide bonds. The van der Waals surface area contributed by atoms with Crippen LogP contribution in [0.25, 0.3) is 0 Å². The first-order chi connectivity index (χ1) is 11.5. The first kappa shape index (κ1) is 18.9. The van der Waals surface area contributed by atoms with Crippen LogP contribution in [0.15, 0.2) is 24.3 Å². The lowest BCUT2D eigenvalue weighted by atomic mass is 10.2. The molecule has 0 atom stereocenters. The number of alkyl halides is 3. The van der Waals surface area contributed by atoms with Crippen LogP contribution >= 0.6 is 0 Å². The van der Waals surface area contributed by atoms with Gasteiger partial charge < -0.3 is 15.0 Å². The third-order valence-electron chi connectivity index (χ3n) is 3.98. The van der Waals surface area contributed by atoms with Crippen molar-refractivity contribution >= 4 is 5.69 Å². The molecule has 1 heterocycles. The van der Waals surface area contributed by atoms with E-state index in [2.05, 4.69) is 34.2 Å². The van der Waals surface area contributed by atoms with E-state index in [4.69, 9.17) is 4.74 Å². The van der Waals surface area contributed by atoms with Crippen LogP contribution < -0.4 is 15.0 Å². The highest BCUT2D eigenvalue weighted by molar-refractivity contribution is 5.49. The Morgan fingerprint density at radius 3 is 2.33 bits per heavy atom. The Hall–Kier alpha value is -1.47. The Morgan fingerprint density at radius 1 is 1.08 bits per heavy atom. The number of ether oxygens (including phenoxy) is 1. The summed E-state index contributed by atoms with van der Waals surface area (Å²) in [6, 6.07) is 8.09. The molecule has 2 rings (SSSR count). The van der Waals surface area contributed by atoms with E-state index in [0.717, 1.165) is 50.6 Å². The van der Waals surface area contributed by atoms with E-state index < -0.39 is 12.7 Å². The number of hydrogen-bond acceptors (Lipinski definition) is 4. The molecule has 0 aliphatic carbocycles. The number of hydrogen-bond donors (Lipinski definition) is 1. The quantitative estimate of drug-likeness (QED) is 0.733. The van der Waals surface area contributed by atoms with Crippen LogP contribution in [0.4, 0.5) is 18.9 Å². The van der Waals surface area contributed by atoms with Gasteiger partial charge in [-0.1, -0.05) is 6.92 Å². The van der Waals surface area contributed by atoms with Crippen LogP contribution in [-0.4, -0.2) is 63.5 Å². The van der Waals surface area contributed by atoms with Crippen molar-refractivity contribution in [2.45, 2.75) is 19.5 Å².